The van der Waals surface area contributed by atoms with E-state index in [1.807, 2.05) is 30.3 Å². The van der Waals surface area contributed by atoms with Gasteiger partial charge >= 0.3 is 0 Å². The largest absolute Gasteiger partial charge is 0.550 e. The van der Waals surface area contributed by atoms with Crippen molar-refractivity contribution in [3.63, 3.8) is 0 Å². The van der Waals surface area contributed by atoms with Crippen LogP contribution in [-0.2, 0) is 16.0 Å². The molecule has 19 heavy (non-hydrogen) atoms. The molecule has 1 heterocycles. The third-order valence-electron chi connectivity index (χ3n) is 3.65. The molecule has 0 unspecified atom stereocenters. The fourth-order valence-electron chi connectivity index (χ4n) is 2.42. The number of hydrogen-bond donors (Lipinski definition) is 0. The van der Waals surface area contributed by atoms with Crippen molar-refractivity contribution < 1.29 is 14.7 Å². The SMILES string of the molecule is O=C([O-])C1CCN(C(=O)CCc2ccccc2)CC1. The molecule has 0 aromatic heterocycles. The predicted octanol–water partition coefficient (Wildman–Crippen LogP) is 0.608. The second kappa shape index (κ2) is 6.36. The van der Waals surface area contributed by atoms with Gasteiger partial charge in [-0.15, -0.1) is 0 Å². The summed E-state index contributed by atoms with van der Waals surface area (Å²) in [5.41, 5.74) is 1.15. The molecule has 1 aliphatic rings. The van der Waals surface area contributed by atoms with Crippen LogP contribution < -0.4 is 5.11 Å². The maximum atomic E-state index is 12.0. The van der Waals surface area contributed by atoms with Crippen molar-refractivity contribution in [1.29, 1.82) is 0 Å². The lowest BCUT2D eigenvalue weighted by Crippen LogP contribution is -2.43. The van der Waals surface area contributed by atoms with Gasteiger partial charge in [-0.3, -0.25) is 4.79 Å². The van der Waals surface area contributed by atoms with Crippen LogP contribution in [-0.4, -0.2) is 29.9 Å². The number of carbonyl (C=O) groups excluding carboxylic acids is 2. The van der Waals surface area contributed by atoms with E-state index < -0.39 is 11.9 Å². The van der Waals surface area contributed by atoms with Crippen molar-refractivity contribution in [3.8, 4) is 0 Å². The van der Waals surface area contributed by atoms with Gasteiger partial charge in [-0.2, -0.15) is 0 Å². The molecule has 0 radical (unpaired) electrons. The second-order valence-corrected chi connectivity index (χ2v) is 4.96. The zero-order valence-electron chi connectivity index (χ0n) is 10.9. The van der Waals surface area contributed by atoms with Crippen molar-refractivity contribution in [2.24, 2.45) is 5.92 Å². The molecule has 0 spiro atoms. The number of aliphatic carboxylic acids is 1. The van der Waals surface area contributed by atoms with E-state index in [2.05, 4.69) is 0 Å². The Bertz CT molecular complexity index is 436. The third kappa shape index (κ3) is 3.81. The Hall–Kier alpha value is -1.84. The molecule has 1 aromatic carbocycles. The predicted molar refractivity (Wildman–Crippen MR) is 69.1 cm³/mol. The number of benzene rings is 1. The van der Waals surface area contributed by atoms with Crippen LogP contribution in [0.1, 0.15) is 24.8 Å². The van der Waals surface area contributed by atoms with Gasteiger partial charge in [0.05, 0.1) is 0 Å². The first-order valence-corrected chi connectivity index (χ1v) is 6.69. The number of carboxylic acids is 1. The zero-order chi connectivity index (χ0) is 13.7. The number of nitrogens with zero attached hydrogens (tertiary/aromatic N) is 1. The minimum Gasteiger partial charge on any atom is -0.550 e. The maximum absolute atomic E-state index is 12.0. The van der Waals surface area contributed by atoms with Crippen molar-refractivity contribution in [1.82, 2.24) is 4.90 Å². The van der Waals surface area contributed by atoms with Gasteiger partial charge in [-0.25, -0.2) is 0 Å². The molecule has 1 saturated heterocycles. The summed E-state index contributed by atoms with van der Waals surface area (Å²) in [7, 11) is 0. The highest BCUT2D eigenvalue weighted by Gasteiger charge is 2.22. The lowest BCUT2D eigenvalue weighted by Gasteiger charge is -2.32. The molecule has 0 aliphatic carbocycles. The Labute approximate surface area is 113 Å². The molecule has 2 rings (SSSR count). The normalized spacial score (nSPS) is 16.3. The Morgan fingerprint density at radius 3 is 2.37 bits per heavy atom. The molecule has 4 nitrogen and oxygen atoms in total. The van der Waals surface area contributed by atoms with E-state index >= 15 is 0 Å². The van der Waals surface area contributed by atoms with E-state index in [-0.39, 0.29) is 5.91 Å². The van der Waals surface area contributed by atoms with Crippen LogP contribution in [0.5, 0.6) is 0 Å². The number of amides is 1. The summed E-state index contributed by atoms with van der Waals surface area (Å²) >= 11 is 0. The molecule has 4 heteroatoms. The number of piperidine rings is 1. The van der Waals surface area contributed by atoms with E-state index in [0.717, 1.165) is 12.0 Å². The average Bonchev–Trinajstić information content (AvgIpc) is 2.46. The van der Waals surface area contributed by atoms with Gasteiger partial charge < -0.3 is 14.8 Å². The molecular formula is C15H18NO3-. The Balaban J connectivity index is 1.77. The summed E-state index contributed by atoms with van der Waals surface area (Å²) in [6.07, 6.45) is 2.25. The quantitative estimate of drug-likeness (QED) is 0.797. The van der Waals surface area contributed by atoms with Crippen LogP contribution in [0, 0.1) is 5.92 Å². The molecule has 0 saturated carbocycles. The molecule has 1 aliphatic heterocycles. The molecule has 1 aromatic rings. The highest BCUT2D eigenvalue weighted by molar-refractivity contribution is 5.77. The van der Waals surface area contributed by atoms with Gasteiger partial charge in [0.1, 0.15) is 0 Å². The lowest BCUT2D eigenvalue weighted by atomic mass is 9.96. The van der Waals surface area contributed by atoms with E-state index in [1.165, 1.54) is 0 Å². The maximum Gasteiger partial charge on any atom is 0.222 e. The van der Waals surface area contributed by atoms with Gasteiger partial charge in [0.2, 0.25) is 5.91 Å². The monoisotopic (exact) mass is 260 g/mol. The number of aryl methyl sites for hydroxylation is 1. The Morgan fingerprint density at radius 2 is 1.79 bits per heavy atom. The van der Waals surface area contributed by atoms with Crippen LogP contribution in [0.25, 0.3) is 0 Å². The van der Waals surface area contributed by atoms with E-state index in [0.29, 0.717) is 32.4 Å². The van der Waals surface area contributed by atoms with Crippen molar-refractivity contribution in [2.45, 2.75) is 25.7 Å². The lowest BCUT2D eigenvalue weighted by molar-refractivity contribution is -0.312. The van der Waals surface area contributed by atoms with Gasteiger partial charge in [-0.1, -0.05) is 30.3 Å². The number of rotatable bonds is 4. The topological polar surface area (TPSA) is 60.4 Å². The smallest absolute Gasteiger partial charge is 0.222 e. The first kappa shape index (κ1) is 13.6. The highest BCUT2D eigenvalue weighted by Crippen LogP contribution is 2.17. The van der Waals surface area contributed by atoms with Crippen LogP contribution in [0.15, 0.2) is 30.3 Å². The molecular weight excluding hydrogens is 242 g/mol. The number of likely N-dealkylation sites (tertiary alicyclic amines) is 1. The average molecular weight is 260 g/mol. The van der Waals surface area contributed by atoms with Crippen molar-refractivity contribution in [3.05, 3.63) is 35.9 Å². The van der Waals surface area contributed by atoms with Gasteiger partial charge in [0.15, 0.2) is 0 Å². The minimum absolute atomic E-state index is 0.112. The summed E-state index contributed by atoms with van der Waals surface area (Å²) in [6, 6.07) is 9.90. The van der Waals surface area contributed by atoms with Crippen molar-refractivity contribution in [2.75, 3.05) is 13.1 Å². The van der Waals surface area contributed by atoms with Crippen LogP contribution in [0.3, 0.4) is 0 Å². The Morgan fingerprint density at radius 1 is 1.16 bits per heavy atom. The van der Waals surface area contributed by atoms with Crippen LogP contribution in [0.2, 0.25) is 0 Å². The molecule has 0 atom stereocenters. The third-order valence-corrected chi connectivity index (χ3v) is 3.65. The van der Waals surface area contributed by atoms with Gasteiger partial charge in [-0.05, 0) is 24.8 Å². The summed E-state index contributed by atoms with van der Waals surface area (Å²) < 4.78 is 0. The standard InChI is InChI=1S/C15H19NO3/c17-14(7-6-12-4-2-1-3-5-12)16-10-8-13(9-11-16)15(18)19/h1-5,13H,6-11H2,(H,18,19)/p-1. The molecule has 1 amide bonds. The summed E-state index contributed by atoms with van der Waals surface area (Å²) in [5, 5.41) is 10.7. The number of hydrogen-bond acceptors (Lipinski definition) is 3. The van der Waals surface area contributed by atoms with Crippen molar-refractivity contribution >= 4 is 11.9 Å². The fraction of sp³-hybridized carbons (Fsp3) is 0.467. The van der Waals surface area contributed by atoms with E-state index in [9.17, 15) is 14.7 Å². The van der Waals surface area contributed by atoms with Gasteiger partial charge in [0.25, 0.3) is 0 Å². The first-order chi connectivity index (χ1) is 9.16. The fourth-order valence-corrected chi connectivity index (χ4v) is 2.42. The highest BCUT2D eigenvalue weighted by atomic mass is 16.4. The van der Waals surface area contributed by atoms with E-state index in [4.69, 9.17) is 0 Å². The number of carboxylic acid groups (broad SMARTS) is 1. The summed E-state index contributed by atoms with van der Waals surface area (Å²) in [6.45, 7) is 1.07. The minimum atomic E-state index is -0.989. The van der Waals surface area contributed by atoms with E-state index in [1.54, 1.807) is 4.90 Å². The molecule has 0 N–H and O–H groups in total. The first-order valence-electron chi connectivity index (χ1n) is 6.69. The molecule has 102 valence electrons. The summed E-state index contributed by atoms with van der Waals surface area (Å²) in [5.74, 6) is -1.27. The van der Waals surface area contributed by atoms with Gasteiger partial charge in [0, 0.05) is 31.4 Å². The summed E-state index contributed by atoms with van der Waals surface area (Å²) in [4.78, 5) is 24.5. The van der Waals surface area contributed by atoms with Crippen LogP contribution in [0.4, 0.5) is 0 Å². The zero-order valence-corrected chi connectivity index (χ0v) is 10.9. The molecule has 0 bridgehead atoms. The second-order valence-electron chi connectivity index (χ2n) is 4.96. The number of carbonyl (C=O) groups is 2. The van der Waals surface area contributed by atoms with Crippen LogP contribution >= 0.6 is 0 Å². The Kier molecular flexibility index (Phi) is 4.55. The molecule has 1 fully saturated rings.